The topological polar surface area (TPSA) is 44.3 Å². The van der Waals surface area contributed by atoms with Crippen molar-refractivity contribution < 1.29 is 0 Å². The first-order chi connectivity index (χ1) is 11.2. The highest BCUT2D eigenvalue weighted by atomic mass is 15.2. The van der Waals surface area contributed by atoms with Crippen molar-refractivity contribution in [1.29, 1.82) is 0 Å². The molecule has 0 aliphatic carbocycles. The largest absolute Gasteiger partial charge is 0.370 e. The van der Waals surface area contributed by atoms with E-state index in [-0.39, 0.29) is 0 Å². The summed E-state index contributed by atoms with van der Waals surface area (Å²) in [6.07, 6.45) is 5.06. The van der Waals surface area contributed by atoms with Crippen molar-refractivity contribution in [3.8, 4) is 0 Å². The van der Waals surface area contributed by atoms with Crippen molar-refractivity contribution in [2.75, 3.05) is 43.9 Å². The molecule has 0 unspecified atom stereocenters. The summed E-state index contributed by atoms with van der Waals surface area (Å²) < 4.78 is 0. The monoisotopic (exact) mass is 311 g/mol. The van der Waals surface area contributed by atoms with E-state index in [0.717, 1.165) is 50.5 Å². The van der Waals surface area contributed by atoms with Crippen LogP contribution in [0, 0.1) is 0 Å². The molecule has 0 fully saturated rings. The van der Waals surface area contributed by atoms with Gasteiger partial charge in [0.05, 0.1) is 0 Å². The van der Waals surface area contributed by atoms with Gasteiger partial charge < -0.3 is 15.1 Å². The molecule has 5 heteroatoms. The van der Waals surface area contributed by atoms with Crippen molar-refractivity contribution in [3.63, 3.8) is 0 Å². The Hall–Kier alpha value is -2.14. The van der Waals surface area contributed by atoms with Crippen molar-refractivity contribution in [2.45, 2.75) is 19.3 Å². The predicted octanol–water partition coefficient (Wildman–Crippen LogP) is 2.92. The van der Waals surface area contributed by atoms with Gasteiger partial charge in [0.25, 0.3) is 0 Å². The summed E-state index contributed by atoms with van der Waals surface area (Å²) >= 11 is 0. The highest BCUT2D eigenvalue weighted by Gasteiger charge is 2.18. The van der Waals surface area contributed by atoms with Gasteiger partial charge in [-0.25, -0.2) is 9.97 Å². The molecule has 0 radical (unpaired) electrons. The van der Waals surface area contributed by atoms with Gasteiger partial charge in [-0.15, -0.1) is 0 Å². The van der Waals surface area contributed by atoms with Crippen molar-refractivity contribution >= 4 is 17.3 Å². The molecule has 23 heavy (non-hydrogen) atoms. The van der Waals surface area contributed by atoms with Crippen molar-refractivity contribution in [1.82, 2.24) is 14.9 Å². The summed E-state index contributed by atoms with van der Waals surface area (Å²) in [4.78, 5) is 13.3. The summed E-state index contributed by atoms with van der Waals surface area (Å²) in [5.74, 6) is 1.87. The molecule has 1 aromatic carbocycles. The van der Waals surface area contributed by atoms with Gasteiger partial charge in [0.2, 0.25) is 0 Å². The van der Waals surface area contributed by atoms with Crippen LogP contribution in [0.2, 0.25) is 0 Å². The van der Waals surface area contributed by atoms with Crippen molar-refractivity contribution in [3.05, 3.63) is 42.2 Å². The summed E-state index contributed by atoms with van der Waals surface area (Å²) in [6.45, 7) is 3.00. The number of rotatable bonds is 6. The van der Waals surface area contributed by atoms with E-state index in [0.29, 0.717) is 0 Å². The summed E-state index contributed by atoms with van der Waals surface area (Å²) in [7, 11) is 4.19. The van der Waals surface area contributed by atoms with Gasteiger partial charge >= 0.3 is 0 Å². The van der Waals surface area contributed by atoms with E-state index in [2.05, 4.69) is 69.5 Å². The number of hydrogen-bond acceptors (Lipinski definition) is 5. The lowest BCUT2D eigenvalue weighted by molar-refractivity contribution is 0.405. The molecular weight excluding hydrogens is 286 g/mol. The second-order valence-corrected chi connectivity index (χ2v) is 6.23. The minimum atomic E-state index is 0.900. The third-order valence-electron chi connectivity index (χ3n) is 4.13. The second-order valence-electron chi connectivity index (χ2n) is 6.23. The van der Waals surface area contributed by atoms with Crippen LogP contribution in [0.25, 0.3) is 0 Å². The van der Waals surface area contributed by atoms with E-state index in [1.165, 1.54) is 11.3 Å². The standard InChI is InChI=1S/C18H25N5/c1-22(2)11-6-10-19-17-13-18(21-14-20-17)23-12-5-8-15-7-3-4-9-16(15)23/h3-4,7,9,13-14H,5-6,8,10-12H2,1-2H3,(H,19,20,21). The van der Waals surface area contributed by atoms with Crippen LogP contribution in [0.1, 0.15) is 18.4 Å². The molecule has 0 saturated carbocycles. The molecule has 0 bridgehead atoms. The minimum Gasteiger partial charge on any atom is -0.370 e. The molecule has 1 aromatic heterocycles. The highest BCUT2D eigenvalue weighted by molar-refractivity contribution is 5.66. The first kappa shape index (κ1) is 15.7. The van der Waals surface area contributed by atoms with E-state index >= 15 is 0 Å². The Kier molecular flexibility index (Phi) is 5.08. The van der Waals surface area contributed by atoms with Gasteiger partial charge in [-0.2, -0.15) is 0 Å². The number of anilines is 3. The number of fused-ring (bicyclic) bond motifs is 1. The van der Waals surface area contributed by atoms with Crippen LogP contribution < -0.4 is 10.2 Å². The maximum absolute atomic E-state index is 4.48. The van der Waals surface area contributed by atoms with Crippen LogP contribution in [0.4, 0.5) is 17.3 Å². The van der Waals surface area contributed by atoms with Crippen LogP contribution in [0.15, 0.2) is 36.7 Å². The Balaban J connectivity index is 1.71. The maximum Gasteiger partial charge on any atom is 0.138 e. The molecule has 2 heterocycles. The van der Waals surface area contributed by atoms with Crippen LogP contribution in [-0.4, -0.2) is 48.6 Å². The number of para-hydroxylation sites is 1. The van der Waals surface area contributed by atoms with Gasteiger partial charge in [0, 0.05) is 24.8 Å². The number of hydrogen-bond donors (Lipinski definition) is 1. The highest BCUT2D eigenvalue weighted by Crippen LogP contribution is 2.32. The molecule has 0 spiro atoms. The number of aryl methyl sites for hydroxylation is 1. The molecule has 0 amide bonds. The van der Waals surface area contributed by atoms with E-state index in [9.17, 15) is 0 Å². The molecule has 2 aromatic rings. The van der Waals surface area contributed by atoms with Gasteiger partial charge in [-0.05, 0) is 51.5 Å². The first-order valence-electron chi connectivity index (χ1n) is 8.30. The van der Waals surface area contributed by atoms with Gasteiger partial charge in [-0.1, -0.05) is 18.2 Å². The van der Waals surface area contributed by atoms with E-state index in [4.69, 9.17) is 0 Å². The summed E-state index contributed by atoms with van der Waals surface area (Å²) in [5.41, 5.74) is 2.67. The SMILES string of the molecule is CN(C)CCCNc1cc(N2CCCc3ccccc32)ncn1. The Morgan fingerprint density at radius 3 is 2.96 bits per heavy atom. The molecule has 3 rings (SSSR count). The molecule has 1 aliphatic heterocycles. The lowest BCUT2D eigenvalue weighted by Crippen LogP contribution is -2.25. The Labute approximate surface area is 138 Å². The fraction of sp³-hybridized carbons (Fsp3) is 0.444. The molecular formula is C18H25N5. The molecule has 5 nitrogen and oxygen atoms in total. The molecule has 0 atom stereocenters. The molecule has 0 saturated heterocycles. The zero-order valence-electron chi connectivity index (χ0n) is 14.0. The summed E-state index contributed by atoms with van der Waals surface area (Å²) in [6, 6.07) is 10.7. The molecule has 1 N–H and O–H groups in total. The molecule has 122 valence electrons. The van der Waals surface area contributed by atoms with Crippen LogP contribution in [0.5, 0.6) is 0 Å². The fourth-order valence-electron chi connectivity index (χ4n) is 2.97. The van der Waals surface area contributed by atoms with Crippen LogP contribution in [0.3, 0.4) is 0 Å². The zero-order valence-corrected chi connectivity index (χ0v) is 14.0. The van der Waals surface area contributed by atoms with Gasteiger partial charge in [0.1, 0.15) is 18.0 Å². The zero-order chi connectivity index (χ0) is 16.1. The molecule has 1 aliphatic rings. The average Bonchev–Trinajstić information content (AvgIpc) is 2.58. The number of aromatic nitrogens is 2. The van der Waals surface area contributed by atoms with Crippen molar-refractivity contribution in [2.24, 2.45) is 0 Å². The normalized spacial score (nSPS) is 14.0. The first-order valence-corrected chi connectivity index (χ1v) is 8.30. The fourth-order valence-corrected chi connectivity index (χ4v) is 2.97. The number of nitrogens with zero attached hydrogens (tertiary/aromatic N) is 4. The Bertz CT molecular complexity index is 641. The van der Waals surface area contributed by atoms with E-state index in [1.807, 2.05) is 0 Å². The minimum absolute atomic E-state index is 0.900. The van der Waals surface area contributed by atoms with E-state index in [1.54, 1.807) is 6.33 Å². The smallest absolute Gasteiger partial charge is 0.138 e. The lowest BCUT2D eigenvalue weighted by Gasteiger charge is -2.30. The lowest BCUT2D eigenvalue weighted by atomic mass is 10.0. The van der Waals surface area contributed by atoms with Crippen LogP contribution in [-0.2, 0) is 6.42 Å². The third kappa shape index (κ3) is 3.99. The Morgan fingerprint density at radius 2 is 2.09 bits per heavy atom. The summed E-state index contributed by atoms with van der Waals surface area (Å²) in [5, 5.41) is 3.40. The second kappa shape index (κ2) is 7.42. The quantitative estimate of drug-likeness (QED) is 0.831. The van der Waals surface area contributed by atoms with E-state index < -0.39 is 0 Å². The number of benzene rings is 1. The van der Waals surface area contributed by atoms with Crippen LogP contribution >= 0.6 is 0 Å². The predicted molar refractivity (Wildman–Crippen MR) is 95.5 cm³/mol. The van der Waals surface area contributed by atoms with Gasteiger partial charge in [0.15, 0.2) is 0 Å². The van der Waals surface area contributed by atoms with Gasteiger partial charge in [-0.3, -0.25) is 0 Å². The maximum atomic E-state index is 4.48. The average molecular weight is 311 g/mol. The third-order valence-corrected chi connectivity index (χ3v) is 4.13. The Morgan fingerprint density at radius 1 is 1.22 bits per heavy atom. The number of nitrogens with one attached hydrogen (secondary N) is 1.